The topological polar surface area (TPSA) is 127 Å². The molecule has 1 aliphatic heterocycles. The molecule has 1 atom stereocenters. The van der Waals surface area contributed by atoms with E-state index in [1.165, 1.54) is 0 Å². The number of anilines is 1. The van der Waals surface area contributed by atoms with E-state index in [4.69, 9.17) is 15.2 Å². The zero-order valence-corrected chi connectivity index (χ0v) is 27.1. The van der Waals surface area contributed by atoms with Gasteiger partial charge in [0.05, 0.1) is 30.0 Å². The highest BCUT2D eigenvalue weighted by Crippen LogP contribution is 2.69. The van der Waals surface area contributed by atoms with E-state index in [0.29, 0.717) is 43.7 Å². The Balaban J connectivity index is 1.06. The Bertz CT molecular complexity index is 1980. The minimum Gasteiger partial charge on any atom is -0.443 e. The van der Waals surface area contributed by atoms with Crippen molar-refractivity contribution in [1.82, 2.24) is 34.7 Å². The van der Waals surface area contributed by atoms with Crippen molar-refractivity contribution < 1.29 is 18.7 Å². The number of fused-ring (bicyclic) bond motifs is 2. The lowest BCUT2D eigenvalue weighted by atomic mass is 9.42. The maximum Gasteiger partial charge on any atom is 0.419 e. The summed E-state index contributed by atoms with van der Waals surface area (Å²) in [7, 11) is 0. The third-order valence-corrected chi connectivity index (χ3v) is 9.73. The first-order valence-electron chi connectivity index (χ1n) is 16.5. The number of benzene rings is 2. The molecule has 5 aromatic rings. The molecule has 3 aromatic heterocycles. The fraction of sp³-hybridized carbons (Fsp3) is 0.486. The second-order valence-electron chi connectivity index (χ2n) is 14.8. The molecular weight excluding hydrogens is 599 g/mol. The van der Waals surface area contributed by atoms with Crippen LogP contribution in [0.15, 0.2) is 48.8 Å². The van der Waals surface area contributed by atoms with Gasteiger partial charge in [0.2, 0.25) is 0 Å². The first-order chi connectivity index (χ1) is 22.5. The van der Waals surface area contributed by atoms with E-state index in [-0.39, 0.29) is 11.6 Å². The third-order valence-electron chi connectivity index (χ3n) is 9.73. The van der Waals surface area contributed by atoms with Crippen LogP contribution in [0.1, 0.15) is 76.8 Å². The van der Waals surface area contributed by atoms with Crippen LogP contribution < -0.4 is 11.1 Å². The van der Waals surface area contributed by atoms with Gasteiger partial charge in [0.25, 0.3) is 0 Å². The molecule has 47 heavy (non-hydrogen) atoms. The predicted molar refractivity (Wildman–Crippen MR) is 177 cm³/mol. The molecule has 4 fully saturated rings. The Morgan fingerprint density at radius 3 is 2.72 bits per heavy atom. The number of rotatable bonds is 8. The lowest BCUT2D eigenvalue weighted by Crippen LogP contribution is -2.67. The van der Waals surface area contributed by atoms with Crippen molar-refractivity contribution in [2.45, 2.75) is 89.9 Å². The van der Waals surface area contributed by atoms with Gasteiger partial charge in [-0.15, -0.1) is 5.10 Å². The molecule has 3 aliphatic carbocycles. The lowest BCUT2D eigenvalue weighted by Gasteiger charge is -2.66. The molecule has 4 heterocycles. The molecule has 0 amide bonds. The molecule has 12 heteroatoms. The van der Waals surface area contributed by atoms with Crippen LogP contribution in [0.4, 0.5) is 14.9 Å². The number of aromatic nitrogens is 6. The van der Waals surface area contributed by atoms with Crippen LogP contribution in [0.5, 0.6) is 0 Å². The fourth-order valence-corrected chi connectivity index (χ4v) is 7.77. The summed E-state index contributed by atoms with van der Waals surface area (Å²) < 4.78 is 31.2. The Morgan fingerprint density at radius 1 is 1.15 bits per heavy atom. The van der Waals surface area contributed by atoms with Crippen molar-refractivity contribution in [3.8, 4) is 11.3 Å². The summed E-state index contributed by atoms with van der Waals surface area (Å²) >= 11 is 0. The van der Waals surface area contributed by atoms with Crippen molar-refractivity contribution in [3.05, 3.63) is 60.0 Å². The van der Waals surface area contributed by atoms with Crippen LogP contribution in [0.2, 0.25) is 0 Å². The van der Waals surface area contributed by atoms with Crippen molar-refractivity contribution in [1.29, 1.82) is 0 Å². The first kappa shape index (κ1) is 30.1. The number of hydrogen-bond donors (Lipinski definition) is 2. The summed E-state index contributed by atoms with van der Waals surface area (Å²) in [6.07, 6.45) is 8.21. The van der Waals surface area contributed by atoms with Crippen LogP contribution in [-0.2, 0) is 22.6 Å². The van der Waals surface area contributed by atoms with E-state index in [1.54, 1.807) is 9.25 Å². The Morgan fingerprint density at radius 2 is 1.98 bits per heavy atom. The fourth-order valence-electron chi connectivity index (χ4n) is 7.77. The Hall–Kier alpha value is -4.29. The Kier molecular flexibility index (Phi) is 6.96. The van der Waals surface area contributed by atoms with E-state index >= 15 is 0 Å². The number of nitrogen functional groups attached to an aromatic ring is 1. The van der Waals surface area contributed by atoms with Crippen LogP contribution in [0.3, 0.4) is 0 Å². The summed E-state index contributed by atoms with van der Waals surface area (Å²) in [5.74, 6) is 0. The number of carbonyl (C=O) groups excluding carboxylic acids is 1. The predicted octanol–water partition coefficient (Wildman–Crippen LogP) is 6.34. The number of carbonyl (C=O) groups is 1. The summed E-state index contributed by atoms with van der Waals surface area (Å²) in [5.41, 5.74) is 10.5. The van der Waals surface area contributed by atoms with Crippen molar-refractivity contribution in [2.24, 2.45) is 5.41 Å². The molecule has 1 unspecified atom stereocenters. The smallest absolute Gasteiger partial charge is 0.419 e. The van der Waals surface area contributed by atoms with Crippen LogP contribution in [0.25, 0.3) is 33.1 Å². The highest BCUT2D eigenvalue weighted by atomic mass is 19.1. The standard InChI is InChI=1S/C35H41FN8O3/c1-33(2,3)47-32(45)43-25(14-38-21-34-18-35(36,19-34)20-34)11-23-8-7-22(10-29(23)43)16-42-17-28(40-41-42)26-12-24(37)13-30-27(26)15-39-44(30)31-6-4-5-9-46-31/h7-8,10-13,15,17,31,38H,4-6,9,14,16,18-21,37H2,1-3H3. The van der Waals surface area contributed by atoms with Gasteiger partial charge in [-0.25, -0.2) is 23.1 Å². The number of hydrogen-bond acceptors (Lipinski definition) is 8. The van der Waals surface area contributed by atoms with Gasteiger partial charge in [0.1, 0.15) is 17.0 Å². The van der Waals surface area contributed by atoms with E-state index in [2.05, 4.69) is 20.7 Å². The highest BCUT2D eigenvalue weighted by molar-refractivity contribution is 5.96. The van der Waals surface area contributed by atoms with Crippen LogP contribution >= 0.6 is 0 Å². The third kappa shape index (κ3) is 5.57. The normalized spacial score (nSPS) is 24.0. The van der Waals surface area contributed by atoms with E-state index in [0.717, 1.165) is 71.0 Å². The van der Waals surface area contributed by atoms with Crippen LogP contribution in [0, 0.1) is 5.41 Å². The maximum atomic E-state index is 14.0. The molecule has 1 saturated heterocycles. The molecule has 246 valence electrons. The SMILES string of the molecule is CC(C)(C)OC(=O)n1c(CNCC23CC(F)(C2)C3)cc2ccc(Cn3cc(-c4cc(N)cc5c4cnn5C4CCCCO4)nn3)cc21. The van der Waals surface area contributed by atoms with E-state index in [1.807, 2.05) is 74.2 Å². The van der Waals surface area contributed by atoms with E-state index in [9.17, 15) is 9.18 Å². The average molecular weight is 641 g/mol. The minimum atomic E-state index is -0.928. The van der Waals surface area contributed by atoms with Gasteiger partial charge in [-0.2, -0.15) is 5.10 Å². The van der Waals surface area contributed by atoms with Crippen LogP contribution in [-0.4, -0.2) is 59.9 Å². The van der Waals surface area contributed by atoms with Gasteiger partial charge in [-0.05, 0) is 94.5 Å². The van der Waals surface area contributed by atoms with Gasteiger partial charge in [-0.1, -0.05) is 17.3 Å². The molecular formula is C35H41FN8O3. The second-order valence-corrected chi connectivity index (χ2v) is 14.8. The number of ether oxygens (including phenoxy) is 2. The molecule has 11 nitrogen and oxygen atoms in total. The monoisotopic (exact) mass is 640 g/mol. The van der Waals surface area contributed by atoms with Gasteiger partial charge in [0.15, 0.2) is 6.23 Å². The summed E-state index contributed by atoms with van der Waals surface area (Å²) in [6, 6.07) is 11.9. The highest BCUT2D eigenvalue weighted by Gasteiger charge is 2.68. The number of nitrogens with two attached hydrogens (primary N) is 1. The quantitative estimate of drug-likeness (QED) is 0.188. The maximum absolute atomic E-state index is 14.0. The van der Waals surface area contributed by atoms with Gasteiger partial charge in [0, 0.05) is 47.4 Å². The molecule has 2 aromatic carbocycles. The summed E-state index contributed by atoms with van der Waals surface area (Å²) in [5, 5.41) is 19.0. The second kappa shape index (κ2) is 10.9. The number of alkyl halides is 1. The molecule has 3 N–H and O–H groups in total. The molecule has 4 aliphatic rings. The molecule has 2 bridgehead atoms. The summed E-state index contributed by atoms with van der Waals surface area (Å²) in [4.78, 5) is 13.5. The largest absolute Gasteiger partial charge is 0.443 e. The molecule has 0 spiro atoms. The summed E-state index contributed by atoms with van der Waals surface area (Å²) in [6.45, 7) is 7.98. The zero-order valence-electron chi connectivity index (χ0n) is 27.1. The van der Waals surface area contributed by atoms with Gasteiger partial charge >= 0.3 is 6.09 Å². The number of nitrogens with one attached hydrogen (secondary N) is 1. The average Bonchev–Trinajstić information content (AvgIpc) is 3.72. The van der Waals surface area contributed by atoms with Gasteiger partial charge in [-0.3, -0.25) is 0 Å². The molecule has 3 saturated carbocycles. The van der Waals surface area contributed by atoms with Crippen molar-refractivity contribution in [2.75, 3.05) is 18.9 Å². The molecule has 9 rings (SSSR count). The Labute approximate surface area is 272 Å². The number of halogens is 1. The van der Waals surface area contributed by atoms with Crippen molar-refractivity contribution in [3.63, 3.8) is 0 Å². The molecule has 0 radical (unpaired) electrons. The number of nitrogens with zero attached hydrogens (tertiary/aromatic N) is 6. The lowest BCUT2D eigenvalue weighted by molar-refractivity contribution is -0.209. The minimum absolute atomic E-state index is 0.0723. The zero-order chi connectivity index (χ0) is 32.6. The van der Waals surface area contributed by atoms with E-state index < -0.39 is 17.4 Å². The first-order valence-corrected chi connectivity index (χ1v) is 16.5. The van der Waals surface area contributed by atoms with Gasteiger partial charge < -0.3 is 20.5 Å². The van der Waals surface area contributed by atoms with Crippen molar-refractivity contribution >= 4 is 33.6 Å².